The van der Waals surface area contributed by atoms with E-state index in [1.54, 1.807) is 0 Å². The van der Waals surface area contributed by atoms with Crippen LogP contribution in [0, 0.1) is 5.92 Å². The van der Waals surface area contributed by atoms with Gasteiger partial charge in [-0.3, -0.25) is 4.79 Å². The van der Waals surface area contributed by atoms with E-state index < -0.39 is 0 Å². The number of hydrogen-bond acceptors (Lipinski definition) is 4. The standard InChI is InChI=1S/C15H26N2O3.ClH/c1-11-8-12(4-7-16-11)14(18)17-9-13-10-19-15(20-13)5-2-3-6-15;/h11-13,16H,2-10H2,1H3,(H,17,18);1H/t11-,12-,13?;/m0./s1. The van der Waals surface area contributed by atoms with E-state index in [4.69, 9.17) is 9.47 Å². The third-order valence-electron chi connectivity index (χ3n) is 4.78. The summed E-state index contributed by atoms with van der Waals surface area (Å²) >= 11 is 0. The minimum atomic E-state index is -0.321. The second kappa shape index (κ2) is 7.27. The molecule has 1 unspecified atom stereocenters. The van der Waals surface area contributed by atoms with Gasteiger partial charge in [-0.05, 0) is 39.2 Å². The average Bonchev–Trinajstić information content (AvgIpc) is 3.07. The van der Waals surface area contributed by atoms with Gasteiger partial charge in [-0.15, -0.1) is 12.4 Å². The first-order valence-electron chi connectivity index (χ1n) is 8.00. The third kappa shape index (κ3) is 4.09. The van der Waals surface area contributed by atoms with E-state index in [9.17, 15) is 4.79 Å². The lowest BCUT2D eigenvalue weighted by Crippen LogP contribution is -2.44. The van der Waals surface area contributed by atoms with Gasteiger partial charge in [-0.1, -0.05) is 0 Å². The highest BCUT2D eigenvalue weighted by atomic mass is 35.5. The Morgan fingerprint density at radius 1 is 1.38 bits per heavy atom. The van der Waals surface area contributed by atoms with Crippen LogP contribution in [-0.4, -0.2) is 43.5 Å². The summed E-state index contributed by atoms with van der Waals surface area (Å²) in [6.45, 7) is 4.27. The zero-order valence-electron chi connectivity index (χ0n) is 12.7. The molecule has 2 heterocycles. The van der Waals surface area contributed by atoms with E-state index in [-0.39, 0.29) is 36.1 Å². The van der Waals surface area contributed by atoms with E-state index in [2.05, 4.69) is 17.6 Å². The topological polar surface area (TPSA) is 59.6 Å². The molecule has 2 N–H and O–H groups in total. The smallest absolute Gasteiger partial charge is 0.223 e. The molecule has 0 aromatic rings. The van der Waals surface area contributed by atoms with Crippen molar-refractivity contribution in [2.45, 2.75) is 63.4 Å². The van der Waals surface area contributed by atoms with E-state index in [0.717, 1.165) is 32.2 Å². The van der Waals surface area contributed by atoms with Crippen molar-refractivity contribution in [3.63, 3.8) is 0 Å². The van der Waals surface area contributed by atoms with Crippen molar-refractivity contribution in [2.24, 2.45) is 5.92 Å². The fourth-order valence-corrected chi connectivity index (χ4v) is 3.62. The highest BCUT2D eigenvalue weighted by molar-refractivity contribution is 5.85. The highest BCUT2D eigenvalue weighted by Crippen LogP contribution is 2.39. The molecule has 1 amide bonds. The quantitative estimate of drug-likeness (QED) is 0.830. The molecule has 3 atom stereocenters. The molecule has 0 aromatic heterocycles. The predicted octanol–water partition coefficient (Wildman–Crippen LogP) is 1.60. The van der Waals surface area contributed by atoms with E-state index >= 15 is 0 Å². The molecule has 122 valence electrons. The van der Waals surface area contributed by atoms with Crippen LogP contribution >= 0.6 is 12.4 Å². The van der Waals surface area contributed by atoms with Crippen LogP contribution in [0.5, 0.6) is 0 Å². The summed E-state index contributed by atoms with van der Waals surface area (Å²) in [5.74, 6) is 0.00176. The van der Waals surface area contributed by atoms with Gasteiger partial charge in [0, 0.05) is 31.3 Å². The van der Waals surface area contributed by atoms with Gasteiger partial charge in [0.05, 0.1) is 6.61 Å². The molecule has 0 radical (unpaired) electrons. The molecule has 3 rings (SSSR count). The molecule has 3 fully saturated rings. The van der Waals surface area contributed by atoms with Gasteiger partial charge < -0.3 is 20.1 Å². The molecule has 1 spiro atoms. The Morgan fingerprint density at radius 2 is 2.14 bits per heavy atom. The van der Waals surface area contributed by atoms with Crippen molar-refractivity contribution in [3.05, 3.63) is 0 Å². The molecule has 21 heavy (non-hydrogen) atoms. The van der Waals surface area contributed by atoms with Gasteiger partial charge in [0.25, 0.3) is 0 Å². The zero-order valence-corrected chi connectivity index (χ0v) is 13.5. The minimum absolute atomic E-state index is 0. The van der Waals surface area contributed by atoms with Crippen molar-refractivity contribution in [2.75, 3.05) is 19.7 Å². The molecule has 0 aromatic carbocycles. The van der Waals surface area contributed by atoms with Crippen LogP contribution in [-0.2, 0) is 14.3 Å². The molecular formula is C15H27ClN2O3. The second-order valence-corrected chi connectivity index (χ2v) is 6.49. The van der Waals surface area contributed by atoms with Gasteiger partial charge in [-0.2, -0.15) is 0 Å². The Bertz CT molecular complexity index is 361. The second-order valence-electron chi connectivity index (χ2n) is 6.49. The number of hydrogen-bond donors (Lipinski definition) is 2. The van der Waals surface area contributed by atoms with Crippen LogP contribution in [0.2, 0.25) is 0 Å². The Hall–Kier alpha value is -0.360. The maximum Gasteiger partial charge on any atom is 0.223 e. The van der Waals surface area contributed by atoms with Gasteiger partial charge in [-0.25, -0.2) is 0 Å². The van der Waals surface area contributed by atoms with Crippen molar-refractivity contribution in [1.29, 1.82) is 0 Å². The van der Waals surface area contributed by atoms with Crippen LogP contribution in [0.3, 0.4) is 0 Å². The first-order valence-corrected chi connectivity index (χ1v) is 8.00. The van der Waals surface area contributed by atoms with Crippen molar-refractivity contribution < 1.29 is 14.3 Å². The van der Waals surface area contributed by atoms with Gasteiger partial charge >= 0.3 is 0 Å². The Kier molecular flexibility index (Phi) is 5.88. The predicted molar refractivity (Wildman–Crippen MR) is 82.5 cm³/mol. The number of piperidine rings is 1. The van der Waals surface area contributed by atoms with Crippen LogP contribution in [0.25, 0.3) is 0 Å². The lowest BCUT2D eigenvalue weighted by Gasteiger charge is -2.27. The van der Waals surface area contributed by atoms with E-state index in [1.807, 2.05) is 0 Å². The molecule has 2 aliphatic heterocycles. The molecule has 1 aliphatic carbocycles. The maximum atomic E-state index is 12.2. The monoisotopic (exact) mass is 318 g/mol. The number of carbonyl (C=O) groups excluding carboxylic acids is 1. The molecule has 5 nitrogen and oxygen atoms in total. The molecule has 6 heteroatoms. The Morgan fingerprint density at radius 3 is 2.86 bits per heavy atom. The molecule has 3 aliphatic rings. The summed E-state index contributed by atoms with van der Waals surface area (Å²) in [6.07, 6.45) is 6.26. The molecule has 0 bridgehead atoms. The SMILES string of the molecule is C[C@H]1C[C@@H](C(=O)NCC2COC3(CCCC3)O2)CCN1.Cl. The van der Waals surface area contributed by atoms with Gasteiger partial charge in [0.2, 0.25) is 5.91 Å². The summed E-state index contributed by atoms with van der Waals surface area (Å²) in [7, 11) is 0. The lowest BCUT2D eigenvalue weighted by atomic mass is 9.92. The minimum Gasteiger partial charge on any atom is -0.353 e. The fourth-order valence-electron chi connectivity index (χ4n) is 3.62. The largest absolute Gasteiger partial charge is 0.353 e. The number of carbonyl (C=O) groups is 1. The van der Waals surface area contributed by atoms with Crippen molar-refractivity contribution >= 4 is 18.3 Å². The Balaban J connectivity index is 0.00000161. The van der Waals surface area contributed by atoms with Crippen molar-refractivity contribution in [3.8, 4) is 0 Å². The summed E-state index contributed by atoms with van der Waals surface area (Å²) < 4.78 is 11.8. The van der Waals surface area contributed by atoms with Crippen LogP contribution in [0.15, 0.2) is 0 Å². The number of halogens is 1. The number of rotatable bonds is 3. The van der Waals surface area contributed by atoms with Gasteiger partial charge in [0.1, 0.15) is 6.10 Å². The highest BCUT2D eigenvalue weighted by Gasteiger charge is 2.43. The lowest BCUT2D eigenvalue weighted by molar-refractivity contribution is -0.161. The fraction of sp³-hybridized carbons (Fsp3) is 0.933. The van der Waals surface area contributed by atoms with Crippen molar-refractivity contribution in [1.82, 2.24) is 10.6 Å². The van der Waals surface area contributed by atoms with Crippen LogP contribution < -0.4 is 10.6 Å². The zero-order chi connectivity index (χ0) is 14.0. The number of nitrogens with one attached hydrogen (secondary N) is 2. The van der Waals surface area contributed by atoms with E-state index in [0.29, 0.717) is 19.2 Å². The Labute approximate surface area is 132 Å². The van der Waals surface area contributed by atoms with Gasteiger partial charge in [0.15, 0.2) is 5.79 Å². The van der Waals surface area contributed by atoms with Crippen LogP contribution in [0.4, 0.5) is 0 Å². The molecular weight excluding hydrogens is 292 g/mol. The third-order valence-corrected chi connectivity index (χ3v) is 4.78. The molecule has 2 saturated heterocycles. The normalized spacial score (nSPS) is 34.6. The maximum absolute atomic E-state index is 12.2. The number of amides is 1. The molecule has 1 saturated carbocycles. The van der Waals surface area contributed by atoms with Crippen LogP contribution in [0.1, 0.15) is 45.4 Å². The first kappa shape index (κ1) is 17.0. The summed E-state index contributed by atoms with van der Waals surface area (Å²) in [5.41, 5.74) is 0. The van der Waals surface area contributed by atoms with E-state index in [1.165, 1.54) is 12.8 Å². The summed E-state index contributed by atoms with van der Waals surface area (Å²) in [4.78, 5) is 12.2. The average molecular weight is 319 g/mol. The summed E-state index contributed by atoms with van der Waals surface area (Å²) in [6, 6.07) is 0.437. The summed E-state index contributed by atoms with van der Waals surface area (Å²) in [5, 5.41) is 6.42. The number of ether oxygens (including phenoxy) is 2. The first-order chi connectivity index (χ1) is 9.67.